The quantitative estimate of drug-likeness (QED) is 0.515. The summed E-state index contributed by atoms with van der Waals surface area (Å²) >= 11 is 0. The van der Waals surface area contributed by atoms with E-state index in [1.807, 2.05) is 18.2 Å². The topological polar surface area (TPSA) is 113 Å². The Hall–Kier alpha value is -2.97. The number of carboxylic acid groups (broad SMARTS) is 1. The molecule has 1 aromatic carbocycles. The van der Waals surface area contributed by atoms with Crippen LogP contribution in [0.25, 0.3) is 0 Å². The van der Waals surface area contributed by atoms with Crippen molar-refractivity contribution in [3.8, 4) is 5.75 Å². The molecule has 8 nitrogen and oxygen atoms in total. The molecule has 1 aliphatic carbocycles. The van der Waals surface area contributed by atoms with Gasteiger partial charge in [-0.1, -0.05) is 25.0 Å². The molecule has 31 heavy (non-hydrogen) atoms. The van der Waals surface area contributed by atoms with Gasteiger partial charge in [0.2, 0.25) is 0 Å². The average molecular weight is 425 g/mol. The number of amides is 1. The van der Waals surface area contributed by atoms with Gasteiger partial charge in [-0.3, -0.25) is 20.0 Å². The van der Waals surface area contributed by atoms with E-state index in [1.54, 1.807) is 24.4 Å². The fourth-order valence-corrected chi connectivity index (χ4v) is 4.23. The van der Waals surface area contributed by atoms with E-state index >= 15 is 0 Å². The number of hydrogen-bond acceptors (Lipinski definition) is 6. The van der Waals surface area contributed by atoms with E-state index in [0.29, 0.717) is 30.8 Å². The minimum absolute atomic E-state index is 0.158. The van der Waals surface area contributed by atoms with Crippen LogP contribution in [0.2, 0.25) is 0 Å². The number of aliphatic carboxylic acids is 1. The molecular weight excluding hydrogens is 396 g/mol. The Kier molecular flexibility index (Phi) is 6.48. The van der Waals surface area contributed by atoms with E-state index < -0.39 is 11.4 Å². The van der Waals surface area contributed by atoms with Gasteiger partial charge in [-0.2, -0.15) is 0 Å². The molecule has 0 spiro atoms. The Morgan fingerprint density at radius 2 is 2.06 bits per heavy atom. The van der Waals surface area contributed by atoms with Gasteiger partial charge in [0.05, 0.1) is 23.3 Å². The van der Waals surface area contributed by atoms with Crippen molar-refractivity contribution in [3.05, 3.63) is 59.4 Å². The van der Waals surface area contributed by atoms with Crippen molar-refractivity contribution < 1.29 is 19.4 Å². The first-order valence-corrected chi connectivity index (χ1v) is 10.7. The Bertz CT molecular complexity index is 919. The molecule has 4 N–H and O–H groups in total. The van der Waals surface area contributed by atoms with E-state index in [2.05, 4.69) is 21.2 Å². The Morgan fingerprint density at radius 1 is 1.23 bits per heavy atom. The molecule has 4 rings (SSSR count). The third-order valence-corrected chi connectivity index (χ3v) is 6.15. The zero-order chi connectivity index (χ0) is 21.7. The number of carbonyl (C=O) groups excluding carboxylic acids is 1. The lowest BCUT2D eigenvalue weighted by atomic mass is 9.86. The number of nitrogens with zero attached hydrogens (tertiary/aromatic N) is 1. The van der Waals surface area contributed by atoms with Crippen LogP contribution in [-0.4, -0.2) is 35.1 Å². The van der Waals surface area contributed by atoms with Crippen LogP contribution in [0.3, 0.4) is 0 Å². The lowest BCUT2D eigenvalue weighted by Crippen LogP contribution is -2.41. The highest BCUT2D eigenvalue weighted by molar-refractivity contribution is 5.94. The number of ether oxygens (including phenoxy) is 1. The van der Waals surface area contributed by atoms with Gasteiger partial charge >= 0.3 is 5.97 Å². The van der Waals surface area contributed by atoms with E-state index in [1.165, 1.54) is 0 Å². The van der Waals surface area contributed by atoms with Crippen LogP contribution in [-0.2, 0) is 11.4 Å². The van der Waals surface area contributed by atoms with Gasteiger partial charge in [-0.25, -0.2) is 5.43 Å². The summed E-state index contributed by atoms with van der Waals surface area (Å²) in [6, 6.07) is 11.2. The third kappa shape index (κ3) is 5.03. The largest absolute Gasteiger partial charge is 0.487 e. The van der Waals surface area contributed by atoms with Gasteiger partial charge in [-0.05, 0) is 49.1 Å². The molecule has 2 fully saturated rings. The summed E-state index contributed by atoms with van der Waals surface area (Å²) in [4.78, 5) is 28.7. The fraction of sp³-hybridized carbons (Fsp3) is 0.435. The third-order valence-electron chi connectivity index (χ3n) is 6.15. The normalized spacial score (nSPS) is 19.8. The maximum absolute atomic E-state index is 12.6. The van der Waals surface area contributed by atoms with Crippen molar-refractivity contribution in [2.24, 2.45) is 5.41 Å². The van der Waals surface area contributed by atoms with Gasteiger partial charge in [0.1, 0.15) is 12.4 Å². The molecule has 0 bridgehead atoms. The van der Waals surface area contributed by atoms with Crippen molar-refractivity contribution in [2.75, 3.05) is 13.1 Å². The lowest BCUT2D eigenvalue weighted by Gasteiger charge is -2.24. The maximum Gasteiger partial charge on any atom is 0.311 e. The highest BCUT2D eigenvalue weighted by atomic mass is 16.5. The number of carboxylic acids is 1. The Balaban J connectivity index is 1.32. The minimum Gasteiger partial charge on any atom is -0.487 e. The van der Waals surface area contributed by atoms with Crippen LogP contribution in [0.1, 0.15) is 59.8 Å². The average Bonchev–Trinajstić information content (AvgIpc) is 3.50. The molecule has 2 heterocycles. The summed E-state index contributed by atoms with van der Waals surface area (Å²) < 4.78 is 5.83. The number of benzene rings is 1. The molecule has 1 amide bonds. The summed E-state index contributed by atoms with van der Waals surface area (Å²) in [5.74, 6) is -0.431. The van der Waals surface area contributed by atoms with Gasteiger partial charge in [0.25, 0.3) is 5.91 Å². The first kappa shape index (κ1) is 21.3. The first-order valence-electron chi connectivity index (χ1n) is 10.7. The van der Waals surface area contributed by atoms with E-state index in [-0.39, 0.29) is 18.5 Å². The van der Waals surface area contributed by atoms with Gasteiger partial charge in [0, 0.05) is 18.7 Å². The van der Waals surface area contributed by atoms with Crippen molar-refractivity contribution in [1.82, 2.24) is 21.2 Å². The molecule has 2 aromatic rings. The maximum atomic E-state index is 12.6. The van der Waals surface area contributed by atoms with Crippen molar-refractivity contribution >= 4 is 11.9 Å². The summed E-state index contributed by atoms with van der Waals surface area (Å²) in [6.07, 6.45) is 5.69. The first-order chi connectivity index (χ1) is 15.1. The number of hydrogen-bond donors (Lipinski definition) is 4. The van der Waals surface area contributed by atoms with Crippen molar-refractivity contribution in [2.45, 2.75) is 44.8 Å². The smallest absolute Gasteiger partial charge is 0.311 e. The monoisotopic (exact) mass is 424 g/mol. The van der Waals surface area contributed by atoms with Crippen LogP contribution in [0, 0.1) is 5.41 Å². The van der Waals surface area contributed by atoms with Gasteiger partial charge < -0.3 is 15.2 Å². The summed E-state index contributed by atoms with van der Waals surface area (Å²) in [7, 11) is 0. The second-order valence-corrected chi connectivity index (χ2v) is 8.30. The zero-order valence-electron chi connectivity index (χ0n) is 17.4. The fourth-order valence-electron chi connectivity index (χ4n) is 4.23. The van der Waals surface area contributed by atoms with Crippen LogP contribution in [0.4, 0.5) is 0 Å². The summed E-state index contributed by atoms with van der Waals surface area (Å²) in [5, 5.41) is 12.4. The SMILES string of the molecule is O=C(NCC1(C(=O)O)CCCC1)c1cccc(COc2ccc(C3CCNN3)nc2)c1. The minimum atomic E-state index is -0.834. The predicted octanol–water partition coefficient (Wildman–Crippen LogP) is 2.57. The summed E-state index contributed by atoms with van der Waals surface area (Å²) in [6.45, 7) is 1.39. The van der Waals surface area contributed by atoms with Crippen LogP contribution < -0.4 is 20.9 Å². The van der Waals surface area contributed by atoms with Crippen LogP contribution >= 0.6 is 0 Å². The second-order valence-electron chi connectivity index (χ2n) is 8.30. The molecule has 1 aromatic heterocycles. The highest BCUT2D eigenvalue weighted by Crippen LogP contribution is 2.37. The van der Waals surface area contributed by atoms with Crippen LogP contribution in [0.15, 0.2) is 42.6 Å². The number of pyridine rings is 1. The predicted molar refractivity (Wildman–Crippen MR) is 114 cm³/mol. The molecule has 2 aliphatic rings. The number of hydrazine groups is 1. The molecule has 8 heteroatoms. The van der Waals surface area contributed by atoms with E-state index in [4.69, 9.17) is 4.74 Å². The highest BCUT2D eigenvalue weighted by Gasteiger charge is 2.41. The van der Waals surface area contributed by atoms with Crippen molar-refractivity contribution in [3.63, 3.8) is 0 Å². The zero-order valence-corrected chi connectivity index (χ0v) is 17.4. The number of nitrogens with one attached hydrogen (secondary N) is 3. The molecule has 1 aliphatic heterocycles. The van der Waals surface area contributed by atoms with Gasteiger partial charge in [-0.15, -0.1) is 0 Å². The number of aromatic nitrogens is 1. The molecule has 0 radical (unpaired) electrons. The van der Waals surface area contributed by atoms with Crippen molar-refractivity contribution in [1.29, 1.82) is 0 Å². The van der Waals surface area contributed by atoms with Crippen LogP contribution in [0.5, 0.6) is 5.75 Å². The Morgan fingerprint density at radius 3 is 2.74 bits per heavy atom. The second kappa shape index (κ2) is 9.45. The molecular formula is C23H28N4O4. The molecule has 164 valence electrons. The van der Waals surface area contributed by atoms with E-state index in [0.717, 1.165) is 37.1 Å². The Labute approximate surface area is 181 Å². The molecule has 1 unspecified atom stereocenters. The summed E-state index contributed by atoms with van der Waals surface area (Å²) in [5.41, 5.74) is 7.76. The lowest BCUT2D eigenvalue weighted by molar-refractivity contribution is -0.148. The number of rotatable bonds is 8. The van der Waals surface area contributed by atoms with Gasteiger partial charge in [0.15, 0.2) is 0 Å². The number of carbonyl (C=O) groups is 2. The molecule has 1 saturated carbocycles. The standard InChI is InChI=1S/C23H28N4O4/c28-21(25-15-23(22(29)30)9-1-2-10-23)17-5-3-4-16(12-17)14-31-18-6-7-19(24-13-18)20-8-11-26-27-20/h3-7,12-13,20,26-27H,1-2,8-11,14-15H2,(H,25,28)(H,29,30). The molecule has 1 atom stereocenters. The molecule has 1 saturated heterocycles. The van der Waals surface area contributed by atoms with E-state index in [9.17, 15) is 14.7 Å².